The quantitative estimate of drug-likeness (QED) is 0.0270. The van der Waals surface area contributed by atoms with Gasteiger partial charge in [-0.05, 0) is 44.9 Å². The third-order valence-corrected chi connectivity index (χ3v) is 10.7. The Morgan fingerprint density at radius 1 is 0.482 bits per heavy atom. The van der Waals surface area contributed by atoms with Gasteiger partial charge in [-0.1, -0.05) is 211 Å². The van der Waals surface area contributed by atoms with Crippen LogP contribution in [0.2, 0.25) is 0 Å². The number of esters is 2. The number of carbonyl (C=O) groups is 2. The highest BCUT2D eigenvalue weighted by Gasteiger charge is 2.23. The van der Waals surface area contributed by atoms with Crippen molar-refractivity contribution in [2.75, 3.05) is 13.2 Å². The number of ether oxygens (including phenoxy) is 2. The highest BCUT2D eigenvalue weighted by molar-refractivity contribution is 7.46. The van der Waals surface area contributed by atoms with Crippen molar-refractivity contribution >= 4 is 19.8 Å². The summed E-state index contributed by atoms with van der Waals surface area (Å²) in [7, 11) is -4.76. The van der Waals surface area contributed by atoms with E-state index in [1.807, 2.05) is 0 Å². The SMILES string of the molecule is CC/C=C/C/C=C/C/C=C/CCCCCCCC(=O)OC[C@H](COP(=O)(O)O)OC(=O)CCCCCCCCCCCCCCCCCCCCCCCCC. The summed E-state index contributed by atoms with van der Waals surface area (Å²) in [6.07, 6.45) is 51.6. The van der Waals surface area contributed by atoms with Crippen LogP contribution in [0.4, 0.5) is 0 Å². The fourth-order valence-electron chi connectivity index (χ4n) is 6.74. The molecule has 0 aromatic carbocycles. The second-order valence-electron chi connectivity index (χ2n) is 15.7. The van der Waals surface area contributed by atoms with Crippen molar-refractivity contribution < 1.29 is 37.9 Å². The lowest BCUT2D eigenvalue weighted by Crippen LogP contribution is -2.29. The van der Waals surface area contributed by atoms with Crippen LogP contribution in [0.25, 0.3) is 0 Å². The first-order valence-electron chi connectivity index (χ1n) is 23.3. The first-order chi connectivity index (χ1) is 27.3. The number of carbonyl (C=O) groups excluding carboxylic acids is 2. The van der Waals surface area contributed by atoms with Gasteiger partial charge in [0.1, 0.15) is 6.61 Å². The lowest BCUT2D eigenvalue weighted by atomic mass is 10.0. The second-order valence-corrected chi connectivity index (χ2v) is 16.9. The fraction of sp³-hybridized carbons (Fsp3) is 0.830. The normalized spacial score (nSPS) is 12.7. The molecule has 0 aromatic rings. The average Bonchev–Trinajstić information content (AvgIpc) is 3.17. The van der Waals surface area contributed by atoms with Crippen LogP contribution >= 0.6 is 7.82 Å². The summed E-state index contributed by atoms with van der Waals surface area (Å²) in [4.78, 5) is 42.9. The van der Waals surface area contributed by atoms with Crippen molar-refractivity contribution in [1.82, 2.24) is 0 Å². The smallest absolute Gasteiger partial charge is 0.462 e. The van der Waals surface area contributed by atoms with E-state index >= 15 is 0 Å². The van der Waals surface area contributed by atoms with Gasteiger partial charge in [-0.25, -0.2) is 4.57 Å². The molecule has 9 heteroatoms. The maximum Gasteiger partial charge on any atom is 0.469 e. The molecular weight excluding hydrogens is 723 g/mol. The first kappa shape index (κ1) is 54.3. The Hall–Kier alpha value is -1.73. The van der Waals surface area contributed by atoms with Crippen molar-refractivity contribution in [1.29, 1.82) is 0 Å². The standard InChI is InChI=1S/C47H87O8P/c1-3-5-7-9-11-13-15-17-19-20-21-22-23-24-25-26-28-30-32-34-36-38-40-42-47(49)55-45(44-54-56(50,51)52)43-53-46(48)41-39-37-35-33-31-29-27-18-16-14-12-10-8-6-4-2/h6,8,12,14,18,27,45H,3-5,7,9-11,13,15-17,19-26,28-44H2,1-2H3,(H2,50,51,52)/b8-6+,14-12+,27-18+/t45-/m1/s1. The fourth-order valence-corrected chi connectivity index (χ4v) is 7.10. The minimum Gasteiger partial charge on any atom is -0.462 e. The van der Waals surface area contributed by atoms with E-state index in [4.69, 9.17) is 19.3 Å². The van der Waals surface area contributed by atoms with E-state index in [0.29, 0.717) is 12.8 Å². The molecule has 1 atom stereocenters. The molecular formula is C47H87O8P. The van der Waals surface area contributed by atoms with Gasteiger partial charge in [-0.15, -0.1) is 0 Å². The lowest BCUT2D eigenvalue weighted by molar-refractivity contribution is -0.161. The Morgan fingerprint density at radius 3 is 1.29 bits per heavy atom. The molecule has 0 aliphatic heterocycles. The molecule has 0 rings (SSSR count). The van der Waals surface area contributed by atoms with Crippen LogP contribution in [0.5, 0.6) is 0 Å². The molecule has 0 aliphatic carbocycles. The molecule has 328 valence electrons. The second kappa shape index (κ2) is 42.9. The largest absolute Gasteiger partial charge is 0.469 e. The summed E-state index contributed by atoms with van der Waals surface area (Å²) in [5, 5.41) is 0. The van der Waals surface area contributed by atoms with E-state index in [0.717, 1.165) is 70.6 Å². The van der Waals surface area contributed by atoms with E-state index in [1.54, 1.807) is 0 Å². The number of rotatable bonds is 43. The molecule has 0 bridgehead atoms. The van der Waals surface area contributed by atoms with Crippen LogP contribution in [-0.2, 0) is 28.2 Å². The van der Waals surface area contributed by atoms with Crippen molar-refractivity contribution in [3.8, 4) is 0 Å². The zero-order valence-electron chi connectivity index (χ0n) is 36.3. The summed E-state index contributed by atoms with van der Waals surface area (Å²) in [6.45, 7) is 3.59. The van der Waals surface area contributed by atoms with Crippen LogP contribution in [0.15, 0.2) is 36.5 Å². The molecule has 0 aromatic heterocycles. The molecule has 8 nitrogen and oxygen atoms in total. The van der Waals surface area contributed by atoms with Crippen molar-refractivity contribution in [3.05, 3.63) is 36.5 Å². The maximum atomic E-state index is 12.4. The van der Waals surface area contributed by atoms with E-state index < -0.39 is 32.5 Å². The molecule has 56 heavy (non-hydrogen) atoms. The number of allylic oxidation sites excluding steroid dienone is 6. The van der Waals surface area contributed by atoms with Crippen LogP contribution in [0.1, 0.15) is 232 Å². The summed E-state index contributed by atoms with van der Waals surface area (Å²) in [5.74, 6) is -0.895. The molecule has 0 saturated heterocycles. The number of phosphoric acid groups is 1. The van der Waals surface area contributed by atoms with E-state index in [9.17, 15) is 14.2 Å². The van der Waals surface area contributed by atoms with Gasteiger partial charge in [0.2, 0.25) is 0 Å². The van der Waals surface area contributed by atoms with Crippen LogP contribution in [0.3, 0.4) is 0 Å². The van der Waals surface area contributed by atoms with Gasteiger partial charge in [0.05, 0.1) is 6.61 Å². The molecule has 0 spiro atoms. The monoisotopic (exact) mass is 811 g/mol. The summed E-state index contributed by atoms with van der Waals surface area (Å²) in [6, 6.07) is 0. The van der Waals surface area contributed by atoms with Gasteiger partial charge in [0, 0.05) is 12.8 Å². The Balaban J connectivity index is 3.82. The van der Waals surface area contributed by atoms with E-state index in [-0.39, 0.29) is 19.4 Å². The Labute approximate surface area is 344 Å². The summed E-state index contributed by atoms with van der Waals surface area (Å²) >= 11 is 0. The van der Waals surface area contributed by atoms with Crippen LogP contribution < -0.4 is 0 Å². The maximum absolute atomic E-state index is 12.4. The highest BCUT2D eigenvalue weighted by atomic mass is 31.2. The minimum absolute atomic E-state index is 0.212. The Kier molecular flexibility index (Phi) is 41.5. The molecule has 0 unspecified atom stereocenters. The van der Waals surface area contributed by atoms with Crippen LogP contribution in [0, 0.1) is 0 Å². The topological polar surface area (TPSA) is 119 Å². The summed E-state index contributed by atoms with van der Waals surface area (Å²) < 4.78 is 26.4. The molecule has 2 N–H and O–H groups in total. The number of hydrogen-bond acceptors (Lipinski definition) is 6. The Bertz CT molecular complexity index is 1000. The van der Waals surface area contributed by atoms with E-state index in [1.165, 1.54) is 122 Å². The minimum atomic E-state index is -4.76. The van der Waals surface area contributed by atoms with Gasteiger partial charge in [0.25, 0.3) is 0 Å². The Morgan fingerprint density at radius 2 is 0.857 bits per heavy atom. The molecule has 0 amide bonds. The van der Waals surface area contributed by atoms with Gasteiger partial charge in [0.15, 0.2) is 6.10 Å². The first-order valence-corrected chi connectivity index (χ1v) is 24.8. The van der Waals surface area contributed by atoms with Crippen molar-refractivity contribution in [2.24, 2.45) is 0 Å². The predicted molar refractivity (Wildman–Crippen MR) is 235 cm³/mol. The molecule has 0 aliphatic rings. The van der Waals surface area contributed by atoms with Crippen LogP contribution in [-0.4, -0.2) is 41.0 Å². The number of phosphoric ester groups is 1. The third kappa shape index (κ3) is 45.0. The van der Waals surface area contributed by atoms with Gasteiger partial charge < -0.3 is 19.3 Å². The van der Waals surface area contributed by atoms with Gasteiger partial charge in [-0.3, -0.25) is 14.1 Å². The number of unbranched alkanes of at least 4 members (excludes halogenated alkanes) is 27. The highest BCUT2D eigenvalue weighted by Crippen LogP contribution is 2.36. The predicted octanol–water partition coefficient (Wildman–Crippen LogP) is 14.5. The molecule has 0 saturated carbocycles. The van der Waals surface area contributed by atoms with Crippen molar-refractivity contribution in [2.45, 2.75) is 238 Å². The average molecular weight is 811 g/mol. The third-order valence-electron chi connectivity index (χ3n) is 10.2. The van der Waals surface area contributed by atoms with Gasteiger partial charge in [-0.2, -0.15) is 0 Å². The zero-order valence-corrected chi connectivity index (χ0v) is 37.2. The molecule has 0 fully saturated rings. The molecule has 0 radical (unpaired) electrons. The van der Waals surface area contributed by atoms with Crippen molar-refractivity contribution in [3.63, 3.8) is 0 Å². The lowest BCUT2D eigenvalue weighted by Gasteiger charge is -2.18. The number of hydrogen-bond donors (Lipinski definition) is 2. The summed E-state index contributed by atoms with van der Waals surface area (Å²) in [5.41, 5.74) is 0. The zero-order chi connectivity index (χ0) is 41.1. The van der Waals surface area contributed by atoms with Gasteiger partial charge >= 0.3 is 19.8 Å². The molecule has 0 heterocycles. The van der Waals surface area contributed by atoms with E-state index in [2.05, 4.69) is 54.8 Å².